The second-order valence-electron chi connectivity index (χ2n) is 5.09. The van der Waals surface area contributed by atoms with Gasteiger partial charge in [0.25, 0.3) is 0 Å². The molecule has 0 bridgehead atoms. The number of Topliss-reactive ketones (excluding diaryl/α,β-unsaturated/α-hetero) is 1. The molecule has 4 rings (SSSR count). The molecule has 1 saturated heterocycles. The van der Waals surface area contributed by atoms with Crippen molar-refractivity contribution in [1.82, 2.24) is 9.97 Å². The molecule has 0 amide bonds. The highest BCUT2D eigenvalue weighted by molar-refractivity contribution is 6.27. The van der Waals surface area contributed by atoms with Crippen LogP contribution in [0, 0.1) is 0 Å². The topological polar surface area (TPSA) is 78.7 Å². The summed E-state index contributed by atoms with van der Waals surface area (Å²) in [4.78, 5) is 26.9. The van der Waals surface area contributed by atoms with Crippen molar-refractivity contribution in [1.29, 1.82) is 0 Å². The number of hydrogen-bond donors (Lipinski definition) is 1. The number of hydrogen-bond acceptors (Lipinski definition) is 6. The fourth-order valence-corrected chi connectivity index (χ4v) is 2.81. The van der Waals surface area contributed by atoms with Gasteiger partial charge in [0.05, 0.1) is 0 Å². The van der Waals surface area contributed by atoms with E-state index in [2.05, 4.69) is 15.0 Å². The number of aromatic nitrogens is 2. The van der Waals surface area contributed by atoms with Gasteiger partial charge < -0.3 is 10.0 Å². The summed E-state index contributed by atoms with van der Waals surface area (Å²) in [6.07, 6.45) is 3.22. The molecule has 0 spiro atoms. The fraction of sp³-hybridized carbons (Fsp3) is 0.200. The van der Waals surface area contributed by atoms with E-state index in [0.29, 0.717) is 18.8 Å². The predicted molar refractivity (Wildman–Crippen MR) is 76.8 cm³/mol. The van der Waals surface area contributed by atoms with E-state index in [1.807, 2.05) is 35.2 Å². The molecule has 6 heteroatoms. The Morgan fingerprint density at radius 1 is 1.14 bits per heavy atom. The monoisotopic (exact) mass is 280 g/mol. The second kappa shape index (κ2) is 4.20. The van der Waals surface area contributed by atoms with Crippen molar-refractivity contribution in [2.75, 3.05) is 11.4 Å². The average Bonchev–Trinajstić information content (AvgIpc) is 2.87. The molecule has 1 aromatic heterocycles. The molecule has 1 N–H and O–H groups in total. The van der Waals surface area contributed by atoms with Crippen molar-refractivity contribution < 1.29 is 9.90 Å². The number of carbonyl (C=O) groups excluding carboxylic acids is 1. The van der Waals surface area contributed by atoms with Crippen LogP contribution >= 0.6 is 0 Å². The number of amidine groups is 1. The Bertz CT molecular complexity index is 759. The quantitative estimate of drug-likeness (QED) is 0.853. The normalized spacial score (nSPS) is 23.6. The number of benzene rings is 1. The average molecular weight is 280 g/mol. The van der Waals surface area contributed by atoms with E-state index in [9.17, 15) is 9.90 Å². The summed E-state index contributed by atoms with van der Waals surface area (Å²) in [5, 5.41) is 10.8. The summed E-state index contributed by atoms with van der Waals surface area (Å²) in [5.74, 6) is 0.186. The van der Waals surface area contributed by atoms with Gasteiger partial charge in [-0.15, -0.1) is 0 Å². The Morgan fingerprint density at radius 2 is 1.90 bits per heavy atom. The van der Waals surface area contributed by atoms with Gasteiger partial charge in [0, 0.05) is 31.0 Å². The van der Waals surface area contributed by atoms with Crippen LogP contribution in [0.3, 0.4) is 0 Å². The number of anilines is 1. The van der Waals surface area contributed by atoms with Crippen LogP contribution in [0.5, 0.6) is 0 Å². The maximum absolute atomic E-state index is 12.5. The van der Waals surface area contributed by atoms with E-state index < -0.39 is 11.4 Å². The molecule has 6 nitrogen and oxygen atoms in total. The lowest BCUT2D eigenvalue weighted by atomic mass is 9.91. The molecular formula is C15H12N4O2. The summed E-state index contributed by atoms with van der Waals surface area (Å²) in [6, 6.07) is 9.58. The number of para-hydroxylation sites is 1. The lowest BCUT2D eigenvalue weighted by molar-refractivity contribution is 0.0595. The molecule has 1 fully saturated rings. The van der Waals surface area contributed by atoms with Gasteiger partial charge >= 0.3 is 0 Å². The lowest BCUT2D eigenvalue weighted by Gasteiger charge is -2.28. The molecule has 2 aromatic rings. The van der Waals surface area contributed by atoms with Crippen LogP contribution in [0.4, 0.5) is 11.5 Å². The van der Waals surface area contributed by atoms with Gasteiger partial charge in [-0.3, -0.25) is 4.79 Å². The number of rotatable bonds is 1. The molecule has 0 aliphatic carbocycles. The van der Waals surface area contributed by atoms with Crippen molar-refractivity contribution >= 4 is 23.1 Å². The molecule has 1 aromatic carbocycles. The summed E-state index contributed by atoms with van der Waals surface area (Å²) < 4.78 is 0. The third kappa shape index (κ3) is 1.62. The van der Waals surface area contributed by atoms with Crippen LogP contribution in [0.1, 0.15) is 16.9 Å². The molecular weight excluding hydrogens is 268 g/mol. The lowest BCUT2D eigenvalue weighted by Crippen LogP contribution is -2.49. The first-order valence-electron chi connectivity index (χ1n) is 6.70. The minimum Gasteiger partial charge on any atom is -0.374 e. The zero-order chi connectivity index (χ0) is 14.4. The van der Waals surface area contributed by atoms with Gasteiger partial charge in [0.1, 0.15) is 0 Å². The van der Waals surface area contributed by atoms with Crippen LogP contribution in [-0.4, -0.2) is 38.8 Å². The molecule has 2 aliphatic rings. The van der Waals surface area contributed by atoms with Crippen molar-refractivity contribution in [3.05, 3.63) is 48.4 Å². The van der Waals surface area contributed by atoms with Gasteiger partial charge in [-0.2, -0.15) is 0 Å². The highest BCUT2D eigenvalue weighted by atomic mass is 16.3. The van der Waals surface area contributed by atoms with Crippen molar-refractivity contribution in [2.24, 2.45) is 4.99 Å². The fourth-order valence-electron chi connectivity index (χ4n) is 2.81. The maximum atomic E-state index is 12.5. The largest absolute Gasteiger partial charge is 0.374 e. The minimum atomic E-state index is -1.60. The smallest absolute Gasteiger partial charge is 0.224 e. The van der Waals surface area contributed by atoms with Crippen LogP contribution < -0.4 is 4.90 Å². The van der Waals surface area contributed by atoms with Crippen LogP contribution in [0.2, 0.25) is 0 Å². The van der Waals surface area contributed by atoms with E-state index >= 15 is 0 Å². The summed E-state index contributed by atoms with van der Waals surface area (Å²) in [6.45, 7) is 0.527. The molecule has 3 heterocycles. The molecule has 0 radical (unpaired) electrons. The summed E-state index contributed by atoms with van der Waals surface area (Å²) >= 11 is 0. The summed E-state index contributed by atoms with van der Waals surface area (Å²) in [7, 11) is 0. The molecule has 1 unspecified atom stereocenters. The van der Waals surface area contributed by atoms with E-state index in [-0.39, 0.29) is 11.5 Å². The van der Waals surface area contributed by atoms with Crippen molar-refractivity contribution in [3.63, 3.8) is 0 Å². The van der Waals surface area contributed by atoms with Gasteiger partial charge in [-0.05, 0) is 12.1 Å². The van der Waals surface area contributed by atoms with Crippen LogP contribution in [-0.2, 0) is 0 Å². The van der Waals surface area contributed by atoms with Gasteiger partial charge in [0.15, 0.2) is 22.9 Å². The van der Waals surface area contributed by atoms with Crippen molar-refractivity contribution in [2.45, 2.75) is 12.0 Å². The molecule has 104 valence electrons. The van der Waals surface area contributed by atoms with Gasteiger partial charge in [0.2, 0.25) is 5.78 Å². The van der Waals surface area contributed by atoms with Gasteiger partial charge in [-0.25, -0.2) is 15.0 Å². The number of aliphatic hydroxyl groups is 1. The molecule has 0 saturated carbocycles. The van der Waals surface area contributed by atoms with E-state index in [1.54, 1.807) is 0 Å². The first-order valence-corrected chi connectivity index (χ1v) is 6.70. The van der Waals surface area contributed by atoms with Crippen LogP contribution in [0.25, 0.3) is 0 Å². The Labute approximate surface area is 120 Å². The number of carbonyl (C=O) groups is 1. The van der Waals surface area contributed by atoms with Crippen molar-refractivity contribution in [3.8, 4) is 0 Å². The zero-order valence-electron chi connectivity index (χ0n) is 11.1. The third-order valence-electron chi connectivity index (χ3n) is 3.87. The number of aliphatic imine (C=N–C) groups is 1. The highest BCUT2D eigenvalue weighted by Crippen LogP contribution is 2.37. The maximum Gasteiger partial charge on any atom is 0.224 e. The Kier molecular flexibility index (Phi) is 2.43. The zero-order valence-corrected chi connectivity index (χ0v) is 11.1. The first kappa shape index (κ1) is 12.2. The number of nitrogens with zero attached hydrogens (tertiary/aromatic N) is 4. The molecule has 1 atom stereocenters. The van der Waals surface area contributed by atoms with Crippen LogP contribution in [0.15, 0.2) is 47.7 Å². The van der Waals surface area contributed by atoms with E-state index in [4.69, 9.17) is 0 Å². The summed E-state index contributed by atoms with van der Waals surface area (Å²) in [5.41, 5.74) is -0.565. The highest BCUT2D eigenvalue weighted by Gasteiger charge is 2.53. The Morgan fingerprint density at radius 3 is 2.71 bits per heavy atom. The molecule has 2 aliphatic heterocycles. The van der Waals surface area contributed by atoms with E-state index in [0.717, 1.165) is 5.69 Å². The molecule has 21 heavy (non-hydrogen) atoms. The van der Waals surface area contributed by atoms with E-state index in [1.165, 1.54) is 12.4 Å². The number of fused-ring (bicyclic) bond motifs is 2. The van der Waals surface area contributed by atoms with Gasteiger partial charge in [-0.1, -0.05) is 18.2 Å². The predicted octanol–water partition coefficient (Wildman–Crippen LogP) is 1.34. The Balaban J connectivity index is 1.88. The third-order valence-corrected chi connectivity index (χ3v) is 3.87. The SMILES string of the molecule is O=C1c2nccnc2N=C2N(c3ccccc3)CCC12O. The first-order chi connectivity index (χ1) is 10.2. The Hall–Kier alpha value is -2.60. The number of ketones is 1. The minimum absolute atomic E-state index is 0.138. The standard InChI is InChI=1S/C15H12N4O2/c20-12-11-13(17-8-7-16-11)18-14-15(12,21)6-9-19(14)10-4-2-1-3-5-10/h1-5,7-8,21H,6,9H2. The second-order valence-corrected chi connectivity index (χ2v) is 5.09.